The maximum absolute atomic E-state index is 5.87. The summed E-state index contributed by atoms with van der Waals surface area (Å²) in [5.41, 5.74) is 6.75. The van der Waals surface area contributed by atoms with Crippen LogP contribution in [-0.4, -0.2) is 38.0 Å². The van der Waals surface area contributed by atoms with Crippen LogP contribution in [0.3, 0.4) is 0 Å². The number of fused-ring (bicyclic) bond motifs is 1. The van der Waals surface area contributed by atoms with Crippen molar-refractivity contribution >= 4 is 29.0 Å². The number of hydrogen-bond donors (Lipinski definition) is 1. The van der Waals surface area contributed by atoms with E-state index in [1.807, 2.05) is 22.4 Å². The molecule has 1 aliphatic rings. The first-order valence-electron chi connectivity index (χ1n) is 6.13. The van der Waals surface area contributed by atoms with Crippen LogP contribution in [0.15, 0.2) is 18.6 Å². The van der Waals surface area contributed by atoms with Crippen molar-refractivity contribution < 1.29 is 0 Å². The van der Waals surface area contributed by atoms with Crippen LogP contribution < -0.4 is 10.6 Å². The first-order valence-corrected chi connectivity index (χ1v) is 7.07. The minimum absolute atomic E-state index is 0.536. The van der Waals surface area contributed by atoms with E-state index in [0.717, 1.165) is 24.6 Å². The predicted octanol–water partition coefficient (Wildman–Crippen LogP) is 1.64. The van der Waals surface area contributed by atoms with E-state index in [9.17, 15) is 0 Å². The molecule has 96 valence electrons. The zero-order chi connectivity index (χ0) is 12.7. The normalized spacial score (nSPS) is 24.7. The number of rotatable bonds is 1. The lowest BCUT2D eigenvalue weighted by Gasteiger charge is -2.35. The van der Waals surface area contributed by atoms with Crippen LogP contribution >= 0.6 is 11.8 Å². The Hall–Kier alpha value is -1.43. The van der Waals surface area contributed by atoms with Gasteiger partial charge >= 0.3 is 0 Å². The zero-order valence-electron chi connectivity index (χ0n) is 10.6. The van der Waals surface area contributed by atoms with Gasteiger partial charge in [0.25, 0.3) is 0 Å². The summed E-state index contributed by atoms with van der Waals surface area (Å²) in [7, 11) is 0. The number of nitrogen functional groups attached to an aromatic ring is 1. The minimum atomic E-state index is 0.536. The Balaban J connectivity index is 2.05. The molecule has 0 aromatic carbocycles. The van der Waals surface area contributed by atoms with Crippen molar-refractivity contribution in [3.8, 4) is 0 Å². The monoisotopic (exact) mass is 263 g/mol. The fraction of sp³-hybridized carbons (Fsp3) is 0.500. The topological polar surface area (TPSA) is 59.5 Å². The maximum atomic E-state index is 5.87. The number of aromatic nitrogens is 3. The van der Waals surface area contributed by atoms with E-state index >= 15 is 0 Å². The van der Waals surface area contributed by atoms with E-state index in [2.05, 4.69) is 28.7 Å². The summed E-state index contributed by atoms with van der Waals surface area (Å²) in [6, 6.07) is 0. The summed E-state index contributed by atoms with van der Waals surface area (Å²) in [4.78, 5) is 11.2. The highest BCUT2D eigenvalue weighted by atomic mass is 32.2. The highest BCUT2D eigenvalue weighted by Gasteiger charge is 2.25. The molecule has 5 nitrogen and oxygen atoms in total. The third-order valence-corrected chi connectivity index (χ3v) is 4.32. The number of anilines is 2. The van der Waals surface area contributed by atoms with Crippen molar-refractivity contribution in [2.45, 2.75) is 24.3 Å². The molecule has 2 atom stereocenters. The Bertz CT molecular complexity index is 557. The second-order valence-electron chi connectivity index (χ2n) is 4.81. The zero-order valence-corrected chi connectivity index (χ0v) is 11.4. The van der Waals surface area contributed by atoms with Crippen LogP contribution in [0.25, 0.3) is 5.65 Å². The van der Waals surface area contributed by atoms with Crippen LogP contribution in [0, 0.1) is 0 Å². The predicted molar refractivity (Wildman–Crippen MR) is 76.1 cm³/mol. The molecule has 18 heavy (non-hydrogen) atoms. The molecule has 0 radical (unpaired) electrons. The molecule has 1 saturated heterocycles. The molecule has 1 fully saturated rings. The van der Waals surface area contributed by atoms with Crippen LogP contribution in [0.4, 0.5) is 11.6 Å². The molecule has 0 aliphatic carbocycles. The van der Waals surface area contributed by atoms with Gasteiger partial charge in [0.1, 0.15) is 5.82 Å². The van der Waals surface area contributed by atoms with Crippen LogP contribution in [0.5, 0.6) is 0 Å². The minimum Gasteiger partial charge on any atom is -0.382 e. The average molecular weight is 263 g/mol. The summed E-state index contributed by atoms with van der Waals surface area (Å²) < 4.78 is 1.94. The molecule has 6 heteroatoms. The average Bonchev–Trinajstić information content (AvgIpc) is 2.74. The molecule has 2 aromatic rings. The van der Waals surface area contributed by atoms with Crippen molar-refractivity contribution in [3.05, 3.63) is 18.6 Å². The Kier molecular flexibility index (Phi) is 2.81. The van der Waals surface area contributed by atoms with E-state index in [1.54, 1.807) is 12.4 Å². The molecule has 2 N–H and O–H groups in total. The summed E-state index contributed by atoms with van der Waals surface area (Å²) in [6.07, 6.45) is 5.49. The Morgan fingerprint density at radius 3 is 2.78 bits per heavy atom. The van der Waals surface area contributed by atoms with E-state index < -0.39 is 0 Å². The molecule has 0 spiro atoms. The van der Waals surface area contributed by atoms with Gasteiger partial charge in [-0.15, -0.1) is 0 Å². The van der Waals surface area contributed by atoms with E-state index in [0.29, 0.717) is 16.3 Å². The van der Waals surface area contributed by atoms with Gasteiger partial charge in [-0.1, -0.05) is 13.8 Å². The largest absolute Gasteiger partial charge is 0.382 e. The number of thioether (sulfide) groups is 1. The van der Waals surface area contributed by atoms with Gasteiger partial charge in [0.2, 0.25) is 0 Å². The van der Waals surface area contributed by atoms with Gasteiger partial charge in [0, 0.05) is 36.0 Å². The molecule has 0 saturated carbocycles. The highest BCUT2D eigenvalue weighted by Crippen LogP contribution is 2.29. The third kappa shape index (κ3) is 2.01. The quantitative estimate of drug-likeness (QED) is 0.847. The van der Waals surface area contributed by atoms with Crippen molar-refractivity contribution in [2.75, 3.05) is 23.7 Å². The van der Waals surface area contributed by atoms with E-state index in [4.69, 9.17) is 5.73 Å². The molecular formula is C12H17N5S. The lowest BCUT2D eigenvalue weighted by Crippen LogP contribution is -2.41. The Morgan fingerprint density at radius 1 is 1.33 bits per heavy atom. The maximum Gasteiger partial charge on any atom is 0.180 e. The van der Waals surface area contributed by atoms with Crippen LogP contribution in [-0.2, 0) is 0 Å². The molecule has 2 aromatic heterocycles. The third-order valence-electron chi connectivity index (χ3n) is 3.09. The summed E-state index contributed by atoms with van der Waals surface area (Å²) in [5, 5.41) is 1.21. The van der Waals surface area contributed by atoms with Gasteiger partial charge in [0.05, 0.1) is 6.20 Å². The molecule has 3 heterocycles. The van der Waals surface area contributed by atoms with Crippen molar-refractivity contribution in [2.24, 2.45) is 0 Å². The lowest BCUT2D eigenvalue weighted by atomic mass is 10.3. The number of nitrogens with two attached hydrogens (primary N) is 1. The first-order chi connectivity index (χ1) is 8.63. The van der Waals surface area contributed by atoms with Crippen molar-refractivity contribution in [3.63, 3.8) is 0 Å². The number of nitrogens with zero attached hydrogens (tertiary/aromatic N) is 4. The molecular weight excluding hydrogens is 246 g/mol. The van der Waals surface area contributed by atoms with Gasteiger partial charge < -0.3 is 15.0 Å². The fourth-order valence-corrected chi connectivity index (χ4v) is 3.82. The van der Waals surface area contributed by atoms with Crippen molar-refractivity contribution in [1.29, 1.82) is 0 Å². The summed E-state index contributed by atoms with van der Waals surface area (Å²) in [6.45, 7) is 6.49. The second-order valence-corrected chi connectivity index (χ2v) is 6.69. The highest BCUT2D eigenvalue weighted by molar-refractivity contribution is 8.00. The summed E-state index contributed by atoms with van der Waals surface area (Å²) in [5.74, 6) is 1.44. The standard InChI is InChI=1S/C12H17N5S/c1-8-5-17(6-9(2)18-8)12-11-14-3-4-16(11)7-10(13)15-12/h3-4,7-9H,5-6,13H2,1-2H3. The van der Waals surface area contributed by atoms with Crippen LogP contribution in [0.2, 0.25) is 0 Å². The van der Waals surface area contributed by atoms with Gasteiger partial charge in [-0.05, 0) is 0 Å². The molecule has 0 amide bonds. The van der Waals surface area contributed by atoms with Crippen LogP contribution in [0.1, 0.15) is 13.8 Å². The SMILES string of the molecule is CC1CN(c2nc(N)cn3ccnc23)CC(C)S1. The Labute approximate surface area is 110 Å². The number of imidazole rings is 1. The second kappa shape index (κ2) is 4.35. The van der Waals surface area contributed by atoms with E-state index in [1.165, 1.54) is 0 Å². The molecule has 3 rings (SSSR count). The molecule has 0 bridgehead atoms. The fourth-order valence-electron chi connectivity index (χ4n) is 2.50. The van der Waals surface area contributed by atoms with Crippen molar-refractivity contribution in [1.82, 2.24) is 14.4 Å². The van der Waals surface area contributed by atoms with Gasteiger partial charge in [-0.25, -0.2) is 9.97 Å². The number of hydrogen-bond acceptors (Lipinski definition) is 5. The lowest BCUT2D eigenvalue weighted by molar-refractivity contribution is 0.719. The smallest absolute Gasteiger partial charge is 0.180 e. The van der Waals surface area contributed by atoms with Gasteiger partial charge in [0.15, 0.2) is 11.5 Å². The summed E-state index contributed by atoms with van der Waals surface area (Å²) >= 11 is 2.02. The van der Waals surface area contributed by atoms with E-state index in [-0.39, 0.29) is 0 Å². The Morgan fingerprint density at radius 2 is 2.06 bits per heavy atom. The molecule has 1 aliphatic heterocycles. The van der Waals surface area contributed by atoms with Gasteiger partial charge in [-0.2, -0.15) is 11.8 Å². The molecule has 2 unspecified atom stereocenters. The van der Waals surface area contributed by atoms with Gasteiger partial charge in [-0.3, -0.25) is 0 Å². The first kappa shape index (κ1) is 11.6.